The highest BCUT2D eigenvalue weighted by Crippen LogP contribution is 2.36. The maximum absolute atomic E-state index is 14.8. The molecule has 3 aliphatic heterocycles. The zero-order chi connectivity index (χ0) is 30.0. The van der Waals surface area contributed by atoms with Crippen LogP contribution in [-0.2, 0) is 19.1 Å². The highest BCUT2D eigenvalue weighted by Gasteiger charge is 2.41. The van der Waals surface area contributed by atoms with Gasteiger partial charge in [-0.25, -0.2) is 14.2 Å². The number of morpholine rings is 1. The number of aromatic nitrogens is 1. The van der Waals surface area contributed by atoms with Crippen molar-refractivity contribution in [3.8, 4) is 0 Å². The number of rotatable bonds is 9. The Morgan fingerprint density at radius 3 is 2.83 bits per heavy atom. The first kappa shape index (κ1) is 30.3. The number of piperidine rings is 1. The predicted octanol–water partition coefficient (Wildman–Crippen LogP) is 3.38. The lowest BCUT2D eigenvalue weighted by Crippen LogP contribution is -2.61. The number of fused-ring (bicyclic) bond motifs is 1. The van der Waals surface area contributed by atoms with Crippen molar-refractivity contribution in [2.75, 3.05) is 45.9 Å². The van der Waals surface area contributed by atoms with Crippen LogP contribution in [0.1, 0.15) is 49.4 Å². The van der Waals surface area contributed by atoms with E-state index in [1.54, 1.807) is 46.0 Å². The Hall–Kier alpha value is -3.19. The topological polar surface area (TPSA) is 117 Å². The summed E-state index contributed by atoms with van der Waals surface area (Å²) in [6, 6.07) is 4.02. The Labute approximate surface area is 249 Å². The van der Waals surface area contributed by atoms with Crippen LogP contribution in [0.3, 0.4) is 0 Å². The molecule has 0 saturated carbocycles. The van der Waals surface area contributed by atoms with Gasteiger partial charge in [0.1, 0.15) is 11.9 Å². The maximum atomic E-state index is 14.8. The number of carboxylic acid groups (broad SMARTS) is 1. The minimum absolute atomic E-state index is 0.00784. The fourth-order valence-corrected chi connectivity index (χ4v) is 6.53. The highest BCUT2D eigenvalue weighted by atomic mass is 32.1. The van der Waals surface area contributed by atoms with E-state index in [2.05, 4.69) is 20.1 Å². The van der Waals surface area contributed by atoms with Crippen LogP contribution in [0.4, 0.5) is 4.39 Å². The lowest BCUT2D eigenvalue weighted by molar-refractivity contribution is -0.149. The molecular formula is C30H38FN5O5S. The number of aliphatic imine (C=N–C) groups is 1. The van der Waals surface area contributed by atoms with Gasteiger partial charge in [-0.1, -0.05) is 12.1 Å². The first-order valence-electron chi connectivity index (χ1n) is 14.3. The summed E-state index contributed by atoms with van der Waals surface area (Å²) in [6.07, 6.45) is 2.47. The minimum atomic E-state index is -0.882. The number of benzene rings is 1. The summed E-state index contributed by atoms with van der Waals surface area (Å²) < 4.78 is 26.5. The Morgan fingerprint density at radius 1 is 1.31 bits per heavy atom. The first-order chi connectivity index (χ1) is 20.1. The SMILES string of the molecule is CCOC(=O)C1=C(CN2CCOC3CCN(CC(C)(C)C(=O)O)CC32)NC(c2nccs2)=NC1c1cccc(F)c1C. The van der Waals surface area contributed by atoms with E-state index in [9.17, 15) is 19.1 Å². The van der Waals surface area contributed by atoms with E-state index in [0.717, 1.165) is 13.0 Å². The number of esters is 1. The number of thiazole rings is 1. The molecule has 3 aliphatic rings. The average molecular weight is 600 g/mol. The summed E-state index contributed by atoms with van der Waals surface area (Å²) >= 11 is 1.42. The fourth-order valence-electron chi connectivity index (χ4n) is 5.94. The molecule has 0 amide bonds. The minimum Gasteiger partial charge on any atom is -0.481 e. The Bertz CT molecular complexity index is 1380. The molecule has 0 spiro atoms. The van der Waals surface area contributed by atoms with Gasteiger partial charge in [0.25, 0.3) is 0 Å². The lowest BCUT2D eigenvalue weighted by atomic mass is 9.90. The standard InChI is InChI=1S/C30H38FN5O5S/c1-5-40-28(37)24-21(15-36-12-13-41-23-9-11-35(16-22(23)36)17-30(3,4)29(38)39)33-26(27-32-10-14-42-27)34-25(24)19-7-6-8-20(31)18(19)2/h6-8,10,14,22-23,25H,5,9,11-13,15-17H2,1-4H3,(H,33,34)(H,38,39). The van der Waals surface area contributed by atoms with Gasteiger partial charge in [-0.2, -0.15) is 0 Å². The summed E-state index contributed by atoms with van der Waals surface area (Å²) in [5.41, 5.74) is 1.10. The van der Waals surface area contributed by atoms with E-state index in [1.807, 2.05) is 5.38 Å². The third-order valence-electron chi connectivity index (χ3n) is 8.20. The monoisotopic (exact) mass is 599 g/mol. The molecule has 226 valence electrons. The molecule has 1 aromatic carbocycles. The van der Waals surface area contributed by atoms with Crippen molar-refractivity contribution < 1.29 is 28.6 Å². The van der Waals surface area contributed by atoms with E-state index in [-0.39, 0.29) is 24.6 Å². The van der Waals surface area contributed by atoms with Crippen molar-refractivity contribution in [2.45, 2.75) is 52.3 Å². The number of nitrogens with zero attached hydrogens (tertiary/aromatic N) is 4. The second kappa shape index (κ2) is 12.6. The highest BCUT2D eigenvalue weighted by molar-refractivity contribution is 7.11. The number of carboxylic acids is 1. The number of amidine groups is 1. The van der Waals surface area contributed by atoms with Gasteiger partial charge in [0, 0.05) is 56.0 Å². The van der Waals surface area contributed by atoms with Gasteiger partial charge in [0.2, 0.25) is 0 Å². The van der Waals surface area contributed by atoms with Crippen LogP contribution >= 0.6 is 11.3 Å². The van der Waals surface area contributed by atoms with Gasteiger partial charge in [0.15, 0.2) is 10.8 Å². The van der Waals surface area contributed by atoms with Crippen molar-refractivity contribution in [1.29, 1.82) is 0 Å². The summed E-state index contributed by atoms with van der Waals surface area (Å²) in [5, 5.41) is 15.6. The summed E-state index contributed by atoms with van der Waals surface area (Å²) in [6.45, 7) is 10.5. The molecule has 0 radical (unpaired) electrons. The van der Waals surface area contributed by atoms with Gasteiger partial charge >= 0.3 is 11.9 Å². The van der Waals surface area contributed by atoms with Crippen LogP contribution in [0.5, 0.6) is 0 Å². The largest absolute Gasteiger partial charge is 0.481 e. The van der Waals surface area contributed by atoms with Crippen LogP contribution in [-0.4, -0.2) is 95.7 Å². The number of hydrogen-bond acceptors (Lipinski definition) is 10. The third kappa shape index (κ3) is 6.26. The molecule has 10 nitrogen and oxygen atoms in total. The van der Waals surface area contributed by atoms with E-state index in [1.165, 1.54) is 17.4 Å². The Balaban J connectivity index is 1.52. The van der Waals surface area contributed by atoms with Crippen molar-refractivity contribution in [2.24, 2.45) is 10.4 Å². The molecule has 2 saturated heterocycles. The smallest absolute Gasteiger partial charge is 0.338 e. The van der Waals surface area contributed by atoms with Crippen LogP contribution in [0.2, 0.25) is 0 Å². The molecule has 5 rings (SSSR count). The molecule has 12 heteroatoms. The molecule has 2 N–H and O–H groups in total. The molecule has 42 heavy (non-hydrogen) atoms. The number of halogens is 1. The maximum Gasteiger partial charge on any atom is 0.338 e. The van der Waals surface area contributed by atoms with E-state index < -0.39 is 23.4 Å². The molecule has 3 unspecified atom stereocenters. The molecule has 1 aromatic heterocycles. The second-order valence-corrected chi connectivity index (χ2v) is 12.5. The van der Waals surface area contributed by atoms with Crippen LogP contribution < -0.4 is 5.32 Å². The van der Waals surface area contributed by atoms with Gasteiger partial charge in [-0.15, -0.1) is 11.3 Å². The van der Waals surface area contributed by atoms with Crippen molar-refractivity contribution in [3.63, 3.8) is 0 Å². The predicted molar refractivity (Wildman–Crippen MR) is 157 cm³/mol. The molecule has 0 bridgehead atoms. The zero-order valence-electron chi connectivity index (χ0n) is 24.4. The van der Waals surface area contributed by atoms with Crippen molar-refractivity contribution >= 4 is 29.1 Å². The Morgan fingerprint density at radius 2 is 2.12 bits per heavy atom. The lowest BCUT2D eigenvalue weighted by Gasteiger charge is -2.48. The average Bonchev–Trinajstić information content (AvgIpc) is 3.50. The van der Waals surface area contributed by atoms with Gasteiger partial charge in [-0.3, -0.25) is 14.7 Å². The zero-order valence-corrected chi connectivity index (χ0v) is 25.2. The van der Waals surface area contributed by atoms with Crippen LogP contribution in [0, 0.1) is 18.2 Å². The third-order valence-corrected chi connectivity index (χ3v) is 8.98. The number of hydrogen-bond donors (Lipinski definition) is 2. The van der Waals surface area contributed by atoms with Crippen molar-refractivity contribution in [1.82, 2.24) is 20.1 Å². The summed E-state index contributed by atoms with van der Waals surface area (Å²) in [4.78, 5) is 39.2. The van der Waals surface area contributed by atoms with E-state index in [0.29, 0.717) is 66.0 Å². The van der Waals surface area contributed by atoms with Crippen LogP contribution in [0.25, 0.3) is 0 Å². The molecule has 2 fully saturated rings. The molecule has 3 atom stereocenters. The van der Waals surface area contributed by atoms with Gasteiger partial charge in [0.05, 0.1) is 30.3 Å². The second-order valence-electron chi connectivity index (χ2n) is 11.6. The van der Waals surface area contributed by atoms with Crippen LogP contribution in [0.15, 0.2) is 46.0 Å². The normalized spacial score (nSPS) is 23.6. The van der Waals surface area contributed by atoms with Crippen molar-refractivity contribution in [3.05, 3.63) is 63.0 Å². The molecule has 4 heterocycles. The first-order valence-corrected chi connectivity index (χ1v) is 15.2. The number of carbonyl (C=O) groups is 2. The fraction of sp³-hybridized carbons (Fsp3) is 0.533. The number of likely N-dealkylation sites (tertiary alicyclic amines) is 1. The number of ether oxygens (including phenoxy) is 2. The van der Waals surface area contributed by atoms with E-state index >= 15 is 0 Å². The van der Waals surface area contributed by atoms with E-state index in [4.69, 9.17) is 14.5 Å². The number of aliphatic carboxylic acids is 1. The number of nitrogens with one attached hydrogen (secondary N) is 1. The van der Waals surface area contributed by atoms with Gasteiger partial charge < -0.3 is 24.8 Å². The van der Waals surface area contributed by atoms with Gasteiger partial charge in [-0.05, 0) is 51.3 Å². The molecule has 0 aliphatic carbocycles. The number of carbonyl (C=O) groups excluding carboxylic acids is 1. The summed E-state index contributed by atoms with van der Waals surface area (Å²) in [7, 11) is 0. The Kier molecular flexibility index (Phi) is 9.07. The summed E-state index contributed by atoms with van der Waals surface area (Å²) in [5.74, 6) is -1.19. The molecular weight excluding hydrogens is 561 g/mol. The quantitative estimate of drug-likeness (QED) is 0.419. The molecule has 2 aromatic rings.